The number of sulfone groups is 1. The number of nitrogens with one attached hydrogen (secondary N) is 2. The van der Waals surface area contributed by atoms with Crippen molar-refractivity contribution in [3.8, 4) is 0 Å². The third-order valence-electron chi connectivity index (χ3n) is 4.48. The summed E-state index contributed by atoms with van der Waals surface area (Å²) in [4.78, 5) is 13.3. The summed E-state index contributed by atoms with van der Waals surface area (Å²) in [6.07, 6.45) is 8.17. The Morgan fingerprint density at radius 3 is 2.88 bits per heavy atom. The molecule has 0 aromatic carbocycles. The normalized spacial score (nSPS) is 17.8. The van der Waals surface area contributed by atoms with Crippen LogP contribution in [0, 0.1) is 0 Å². The van der Waals surface area contributed by atoms with Crippen LogP contribution in [0.15, 0.2) is 35.5 Å². The summed E-state index contributed by atoms with van der Waals surface area (Å²) in [7, 11) is -3.35. The molecule has 0 saturated carbocycles. The van der Waals surface area contributed by atoms with Crippen molar-refractivity contribution < 1.29 is 8.42 Å². The second-order valence-electron chi connectivity index (χ2n) is 6.61. The summed E-state index contributed by atoms with van der Waals surface area (Å²) in [6, 6.07) is 5.89. The number of aryl methyl sites for hydroxylation is 1. The van der Waals surface area contributed by atoms with E-state index in [-0.39, 0.29) is 10.8 Å². The molecule has 3 heterocycles. The Kier molecular flexibility index (Phi) is 6.16. The molecular formula is C18H25N5O2S. The van der Waals surface area contributed by atoms with Crippen LogP contribution in [-0.2, 0) is 16.3 Å². The van der Waals surface area contributed by atoms with Crippen LogP contribution in [0.3, 0.4) is 0 Å². The molecule has 2 aromatic heterocycles. The zero-order valence-corrected chi connectivity index (χ0v) is 15.8. The molecule has 0 aliphatic carbocycles. The lowest BCUT2D eigenvalue weighted by molar-refractivity contribution is 0.448. The Morgan fingerprint density at radius 2 is 2.19 bits per heavy atom. The first-order chi connectivity index (χ1) is 12.5. The van der Waals surface area contributed by atoms with Crippen LogP contribution < -0.4 is 10.6 Å². The minimum atomic E-state index is -3.35. The van der Waals surface area contributed by atoms with Crippen molar-refractivity contribution in [1.82, 2.24) is 20.3 Å². The minimum absolute atomic E-state index is 0.102. The molecule has 1 atom stereocenters. The number of rotatable bonds is 7. The van der Waals surface area contributed by atoms with Gasteiger partial charge in [-0.15, -0.1) is 0 Å². The number of hydrogen-bond donors (Lipinski definition) is 2. The lowest BCUT2D eigenvalue weighted by Crippen LogP contribution is -2.30. The molecule has 0 radical (unpaired) electrons. The number of hydrogen-bond acceptors (Lipinski definition) is 7. The van der Waals surface area contributed by atoms with E-state index < -0.39 is 9.84 Å². The van der Waals surface area contributed by atoms with Crippen molar-refractivity contribution in [3.63, 3.8) is 0 Å². The summed E-state index contributed by atoms with van der Waals surface area (Å²) in [6.45, 7) is 2.42. The first kappa shape index (κ1) is 18.7. The first-order valence-corrected chi connectivity index (χ1v) is 10.8. The smallest absolute Gasteiger partial charge is 0.222 e. The predicted molar refractivity (Wildman–Crippen MR) is 101 cm³/mol. The van der Waals surface area contributed by atoms with E-state index in [4.69, 9.17) is 0 Å². The molecule has 1 aliphatic rings. The summed E-state index contributed by atoms with van der Waals surface area (Å²) >= 11 is 0. The minimum Gasteiger partial charge on any atom is -0.354 e. The average molecular weight is 375 g/mol. The first-order valence-electron chi connectivity index (χ1n) is 8.95. The summed E-state index contributed by atoms with van der Waals surface area (Å²) < 4.78 is 24.2. The number of piperidine rings is 1. The zero-order valence-electron chi connectivity index (χ0n) is 15.0. The fourth-order valence-electron chi connectivity index (χ4n) is 3.15. The van der Waals surface area contributed by atoms with Gasteiger partial charge in [0.25, 0.3) is 0 Å². The highest BCUT2D eigenvalue weighted by Crippen LogP contribution is 2.27. The highest BCUT2D eigenvalue weighted by atomic mass is 32.2. The average Bonchev–Trinajstić information content (AvgIpc) is 2.66. The standard InChI is InChI=1S/C18H25N5O2S/c1-26(24,25)16-13-22-18(23-17(16)14-6-4-9-19-12-14)21-11-5-8-15-7-2-3-10-20-15/h2-3,7,10,13-14,19H,4-6,8-9,11-12H2,1H3,(H,21,22,23)/t14-/m1/s1. The van der Waals surface area contributed by atoms with Gasteiger partial charge in [-0.25, -0.2) is 18.4 Å². The van der Waals surface area contributed by atoms with Crippen LogP contribution in [0.4, 0.5) is 5.95 Å². The summed E-state index contributed by atoms with van der Waals surface area (Å²) in [5.74, 6) is 0.588. The molecule has 1 fully saturated rings. The van der Waals surface area contributed by atoms with E-state index >= 15 is 0 Å². The molecule has 3 rings (SSSR count). The fourth-order valence-corrected chi connectivity index (χ4v) is 3.98. The molecule has 0 bridgehead atoms. The Morgan fingerprint density at radius 1 is 1.31 bits per heavy atom. The SMILES string of the molecule is CS(=O)(=O)c1cnc(NCCCc2ccccn2)nc1[C@@H]1CCCNC1. The molecule has 0 spiro atoms. The number of anilines is 1. The molecule has 0 unspecified atom stereocenters. The van der Waals surface area contributed by atoms with E-state index in [1.165, 1.54) is 12.5 Å². The predicted octanol–water partition coefficient (Wildman–Crippen LogP) is 1.79. The molecule has 8 heteroatoms. The summed E-state index contributed by atoms with van der Waals surface area (Å²) in [5.41, 5.74) is 1.68. The van der Waals surface area contributed by atoms with Gasteiger partial charge >= 0.3 is 0 Å². The largest absolute Gasteiger partial charge is 0.354 e. The molecule has 1 aliphatic heterocycles. The number of aromatic nitrogens is 3. The van der Waals surface area contributed by atoms with Crippen LogP contribution in [0.2, 0.25) is 0 Å². The highest BCUT2D eigenvalue weighted by molar-refractivity contribution is 7.90. The Balaban J connectivity index is 1.67. The van der Waals surface area contributed by atoms with Crippen LogP contribution in [-0.4, -0.2) is 49.3 Å². The van der Waals surface area contributed by atoms with Crippen molar-refractivity contribution in [1.29, 1.82) is 0 Å². The number of nitrogens with zero attached hydrogens (tertiary/aromatic N) is 3. The second-order valence-corrected chi connectivity index (χ2v) is 8.59. The topological polar surface area (TPSA) is 96.9 Å². The van der Waals surface area contributed by atoms with Crippen molar-refractivity contribution in [2.75, 3.05) is 31.2 Å². The van der Waals surface area contributed by atoms with Crippen LogP contribution in [0.5, 0.6) is 0 Å². The Bertz CT molecular complexity index is 821. The van der Waals surface area contributed by atoms with Gasteiger partial charge in [0, 0.05) is 37.2 Å². The Labute approximate surface area is 154 Å². The molecule has 1 saturated heterocycles. The van der Waals surface area contributed by atoms with E-state index in [9.17, 15) is 8.42 Å². The monoisotopic (exact) mass is 375 g/mol. The highest BCUT2D eigenvalue weighted by Gasteiger charge is 2.25. The van der Waals surface area contributed by atoms with Gasteiger partial charge in [0.05, 0.1) is 11.9 Å². The van der Waals surface area contributed by atoms with Crippen LogP contribution >= 0.6 is 0 Å². The molecule has 26 heavy (non-hydrogen) atoms. The fraction of sp³-hybridized carbons (Fsp3) is 0.500. The van der Waals surface area contributed by atoms with E-state index in [1.54, 1.807) is 6.20 Å². The molecule has 7 nitrogen and oxygen atoms in total. The molecule has 140 valence electrons. The second kappa shape index (κ2) is 8.55. The third-order valence-corrected chi connectivity index (χ3v) is 5.60. The molecular weight excluding hydrogens is 350 g/mol. The van der Waals surface area contributed by atoms with Gasteiger partial charge in [0.1, 0.15) is 4.90 Å². The Hall–Kier alpha value is -2.06. The maximum Gasteiger partial charge on any atom is 0.222 e. The van der Waals surface area contributed by atoms with Crippen LogP contribution in [0.25, 0.3) is 0 Å². The lowest BCUT2D eigenvalue weighted by atomic mass is 9.96. The van der Waals surface area contributed by atoms with Crippen molar-refractivity contribution in [3.05, 3.63) is 42.0 Å². The van der Waals surface area contributed by atoms with Gasteiger partial charge in [-0.2, -0.15) is 0 Å². The van der Waals surface area contributed by atoms with E-state index in [0.29, 0.717) is 18.2 Å². The molecule has 0 amide bonds. The molecule has 2 aromatic rings. The van der Waals surface area contributed by atoms with Gasteiger partial charge in [0.15, 0.2) is 9.84 Å². The van der Waals surface area contributed by atoms with E-state index in [1.807, 2.05) is 18.2 Å². The lowest BCUT2D eigenvalue weighted by Gasteiger charge is -2.24. The zero-order chi connectivity index (χ0) is 18.4. The maximum absolute atomic E-state index is 12.1. The van der Waals surface area contributed by atoms with E-state index in [2.05, 4.69) is 25.6 Å². The van der Waals surface area contributed by atoms with Gasteiger partial charge in [0.2, 0.25) is 5.95 Å². The van der Waals surface area contributed by atoms with Gasteiger partial charge < -0.3 is 10.6 Å². The maximum atomic E-state index is 12.1. The van der Waals surface area contributed by atoms with E-state index in [0.717, 1.165) is 44.5 Å². The van der Waals surface area contributed by atoms with Gasteiger partial charge in [-0.3, -0.25) is 4.98 Å². The van der Waals surface area contributed by atoms with Crippen molar-refractivity contribution in [2.45, 2.75) is 36.5 Å². The molecule has 2 N–H and O–H groups in total. The van der Waals surface area contributed by atoms with Gasteiger partial charge in [-0.05, 0) is 44.4 Å². The van der Waals surface area contributed by atoms with Crippen molar-refractivity contribution >= 4 is 15.8 Å². The quantitative estimate of drug-likeness (QED) is 0.712. The van der Waals surface area contributed by atoms with Gasteiger partial charge in [-0.1, -0.05) is 6.07 Å². The van der Waals surface area contributed by atoms with Crippen molar-refractivity contribution in [2.24, 2.45) is 0 Å². The van der Waals surface area contributed by atoms with Crippen LogP contribution in [0.1, 0.15) is 36.6 Å². The summed E-state index contributed by atoms with van der Waals surface area (Å²) in [5, 5.41) is 6.53. The number of pyridine rings is 1. The third kappa shape index (κ3) is 4.98.